The summed E-state index contributed by atoms with van der Waals surface area (Å²) in [6.07, 6.45) is -1.17. The number of hydrogen-bond donors (Lipinski definition) is 1. The molecule has 3 rings (SSSR count). The molecule has 0 aliphatic rings. The molecule has 0 aliphatic heterocycles. The van der Waals surface area contributed by atoms with Gasteiger partial charge in [-0.05, 0) is 18.2 Å². The number of methoxy groups -OCH3 is 1. The Hall–Kier alpha value is -2.33. The van der Waals surface area contributed by atoms with E-state index in [1.165, 1.54) is 19.2 Å². The Balaban J connectivity index is 2.05. The van der Waals surface area contributed by atoms with Crippen LogP contribution in [0, 0.1) is 5.82 Å². The minimum atomic E-state index is -1.17. The molecule has 0 bridgehead atoms. The summed E-state index contributed by atoms with van der Waals surface area (Å²) in [6.45, 7) is 0. The normalized spacial score (nSPS) is 12.6. The van der Waals surface area contributed by atoms with E-state index >= 15 is 0 Å². The third-order valence-electron chi connectivity index (χ3n) is 3.22. The molecule has 0 saturated heterocycles. The van der Waals surface area contributed by atoms with Crippen LogP contribution in [0.5, 0.6) is 5.75 Å². The van der Waals surface area contributed by atoms with E-state index in [1.807, 2.05) is 18.2 Å². The molecule has 20 heavy (non-hydrogen) atoms. The summed E-state index contributed by atoms with van der Waals surface area (Å²) in [5.74, 6) is -0.182. The summed E-state index contributed by atoms with van der Waals surface area (Å²) in [5.41, 5.74) is 0.785. The zero-order valence-electron chi connectivity index (χ0n) is 10.8. The number of benzene rings is 2. The molecule has 3 nitrogen and oxygen atoms in total. The third-order valence-corrected chi connectivity index (χ3v) is 3.22. The minimum absolute atomic E-state index is 0.0951. The number of rotatable bonds is 3. The Kier molecular flexibility index (Phi) is 3.16. The number of ether oxygens (including phenoxy) is 1. The van der Waals surface area contributed by atoms with Gasteiger partial charge in [-0.2, -0.15) is 0 Å². The predicted molar refractivity (Wildman–Crippen MR) is 73.2 cm³/mol. The maximum atomic E-state index is 14.1. The Bertz CT molecular complexity index is 715. The Morgan fingerprint density at radius 2 is 1.95 bits per heavy atom. The van der Waals surface area contributed by atoms with Gasteiger partial charge in [0.1, 0.15) is 17.4 Å². The van der Waals surface area contributed by atoms with Crippen LogP contribution in [0.3, 0.4) is 0 Å². The molecular formula is C16H13FO3. The van der Waals surface area contributed by atoms with Gasteiger partial charge in [-0.15, -0.1) is 0 Å². The number of aliphatic hydroxyl groups excluding tert-OH is 1. The number of halogens is 1. The van der Waals surface area contributed by atoms with Crippen molar-refractivity contribution in [3.8, 4) is 5.75 Å². The van der Waals surface area contributed by atoms with Crippen LogP contribution in [-0.4, -0.2) is 12.2 Å². The first kappa shape index (κ1) is 12.7. The van der Waals surface area contributed by atoms with Crippen LogP contribution < -0.4 is 4.74 Å². The number of furan rings is 1. The molecule has 0 spiro atoms. The first-order chi connectivity index (χ1) is 9.70. The first-order valence-electron chi connectivity index (χ1n) is 6.19. The van der Waals surface area contributed by atoms with E-state index in [-0.39, 0.29) is 11.3 Å². The standard InChI is InChI=1S/C16H13FO3/c1-19-13-8-4-6-11(15(13)17)16(18)14-9-10-5-2-3-7-12(10)20-14/h2-9,16,18H,1H3. The van der Waals surface area contributed by atoms with E-state index < -0.39 is 11.9 Å². The highest BCUT2D eigenvalue weighted by Gasteiger charge is 2.21. The molecule has 102 valence electrons. The molecule has 0 fully saturated rings. The quantitative estimate of drug-likeness (QED) is 0.791. The van der Waals surface area contributed by atoms with Crippen LogP contribution >= 0.6 is 0 Å². The third kappa shape index (κ3) is 2.04. The van der Waals surface area contributed by atoms with Crippen molar-refractivity contribution in [2.75, 3.05) is 7.11 Å². The van der Waals surface area contributed by atoms with Gasteiger partial charge in [0.2, 0.25) is 0 Å². The maximum Gasteiger partial charge on any atom is 0.171 e. The Labute approximate surface area is 115 Å². The molecule has 1 aromatic heterocycles. The molecule has 0 radical (unpaired) electrons. The lowest BCUT2D eigenvalue weighted by Crippen LogP contribution is -2.02. The lowest BCUT2D eigenvalue weighted by molar-refractivity contribution is 0.186. The molecule has 1 N–H and O–H groups in total. The van der Waals surface area contributed by atoms with Crippen molar-refractivity contribution in [1.82, 2.24) is 0 Å². The monoisotopic (exact) mass is 272 g/mol. The average Bonchev–Trinajstić information content (AvgIpc) is 2.90. The highest BCUT2D eigenvalue weighted by atomic mass is 19.1. The van der Waals surface area contributed by atoms with Gasteiger partial charge in [-0.3, -0.25) is 0 Å². The van der Waals surface area contributed by atoms with Gasteiger partial charge in [-0.25, -0.2) is 4.39 Å². The summed E-state index contributed by atoms with van der Waals surface area (Å²) in [5, 5.41) is 11.2. The van der Waals surface area contributed by atoms with Crippen LogP contribution in [0.15, 0.2) is 52.9 Å². The second kappa shape index (κ2) is 4.98. The first-order valence-corrected chi connectivity index (χ1v) is 6.19. The summed E-state index contributed by atoms with van der Waals surface area (Å²) >= 11 is 0. The van der Waals surface area contributed by atoms with Crippen LogP contribution in [0.2, 0.25) is 0 Å². The zero-order valence-corrected chi connectivity index (χ0v) is 10.8. The largest absolute Gasteiger partial charge is 0.494 e. The van der Waals surface area contributed by atoms with Crippen LogP contribution in [0.1, 0.15) is 17.4 Å². The molecule has 1 heterocycles. The van der Waals surface area contributed by atoms with Gasteiger partial charge >= 0.3 is 0 Å². The lowest BCUT2D eigenvalue weighted by atomic mass is 10.1. The fourth-order valence-corrected chi connectivity index (χ4v) is 2.19. The van der Waals surface area contributed by atoms with Crippen molar-refractivity contribution < 1.29 is 18.7 Å². The fraction of sp³-hybridized carbons (Fsp3) is 0.125. The SMILES string of the molecule is COc1cccc(C(O)c2cc3ccccc3o2)c1F. The Morgan fingerprint density at radius 3 is 2.70 bits per heavy atom. The minimum Gasteiger partial charge on any atom is -0.494 e. The van der Waals surface area contributed by atoms with E-state index in [0.29, 0.717) is 11.3 Å². The highest BCUT2D eigenvalue weighted by molar-refractivity contribution is 5.77. The number of aliphatic hydroxyl groups is 1. The lowest BCUT2D eigenvalue weighted by Gasteiger charge is -2.11. The van der Waals surface area contributed by atoms with Gasteiger partial charge < -0.3 is 14.3 Å². The molecule has 1 atom stereocenters. The van der Waals surface area contributed by atoms with E-state index in [1.54, 1.807) is 18.2 Å². The number of para-hydroxylation sites is 1. The van der Waals surface area contributed by atoms with Crippen LogP contribution in [0.4, 0.5) is 4.39 Å². The molecule has 2 aromatic carbocycles. The Morgan fingerprint density at radius 1 is 1.15 bits per heavy atom. The molecule has 0 saturated carbocycles. The van der Waals surface area contributed by atoms with Crippen molar-refractivity contribution in [2.45, 2.75) is 6.10 Å². The van der Waals surface area contributed by atoms with E-state index in [0.717, 1.165) is 5.39 Å². The molecule has 4 heteroatoms. The van der Waals surface area contributed by atoms with Crippen LogP contribution in [0.25, 0.3) is 11.0 Å². The summed E-state index contributed by atoms with van der Waals surface area (Å²) < 4.78 is 24.6. The molecule has 0 amide bonds. The van der Waals surface area contributed by atoms with Crippen molar-refractivity contribution in [2.24, 2.45) is 0 Å². The predicted octanol–water partition coefficient (Wildman–Crippen LogP) is 3.66. The number of fused-ring (bicyclic) bond motifs is 1. The van der Waals surface area contributed by atoms with E-state index in [2.05, 4.69) is 0 Å². The van der Waals surface area contributed by atoms with Gasteiger partial charge in [-0.1, -0.05) is 30.3 Å². The van der Waals surface area contributed by atoms with Gasteiger partial charge in [0.15, 0.2) is 11.6 Å². The summed E-state index contributed by atoms with van der Waals surface area (Å²) in [6, 6.07) is 13.7. The molecule has 0 aliphatic carbocycles. The molecular weight excluding hydrogens is 259 g/mol. The van der Waals surface area contributed by atoms with Gasteiger partial charge in [0, 0.05) is 10.9 Å². The maximum absolute atomic E-state index is 14.1. The topological polar surface area (TPSA) is 42.6 Å². The second-order valence-corrected chi connectivity index (χ2v) is 4.45. The van der Waals surface area contributed by atoms with Gasteiger partial charge in [0.25, 0.3) is 0 Å². The zero-order chi connectivity index (χ0) is 14.1. The highest BCUT2D eigenvalue weighted by Crippen LogP contribution is 2.32. The molecule has 1 unspecified atom stereocenters. The van der Waals surface area contributed by atoms with E-state index in [9.17, 15) is 9.50 Å². The van der Waals surface area contributed by atoms with Crippen molar-refractivity contribution in [3.05, 3.63) is 65.7 Å². The fourth-order valence-electron chi connectivity index (χ4n) is 2.19. The van der Waals surface area contributed by atoms with Crippen molar-refractivity contribution >= 4 is 11.0 Å². The van der Waals surface area contributed by atoms with Crippen molar-refractivity contribution in [3.63, 3.8) is 0 Å². The smallest absolute Gasteiger partial charge is 0.171 e. The summed E-state index contributed by atoms with van der Waals surface area (Å²) in [7, 11) is 1.38. The average molecular weight is 272 g/mol. The van der Waals surface area contributed by atoms with Crippen LogP contribution in [-0.2, 0) is 0 Å². The van der Waals surface area contributed by atoms with Gasteiger partial charge in [0.05, 0.1) is 7.11 Å². The van der Waals surface area contributed by atoms with E-state index in [4.69, 9.17) is 9.15 Å². The molecule has 3 aromatic rings. The van der Waals surface area contributed by atoms with Crippen molar-refractivity contribution in [1.29, 1.82) is 0 Å². The summed E-state index contributed by atoms with van der Waals surface area (Å²) in [4.78, 5) is 0. The second-order valence-electron chi connectivity index (χ2n) is 4.45. The number of hydrogen-bond acceptors (Lipinski definition) is 3.